The second-order valence-electron chi connectivity index (χ2n) is 8.32. The van der Waals surface area contributed by atoms with Crippen LogP contribution in [0, 0.1) is 6.92 Å². The number of anilines is 1. The van der Waals surface area contributed by atoms with E-state index >= 15 is 0 Å². The maximum absolute atomic E-state index is 13.4. The number of nitrogens with zero attached hydrogens (tertiary/aromatic N) is 3. The highest BCUT2D eigenvalue weighted by Crippen LogP contribution is 2.45. The number of aryl methyl sites for hydroxylation is 1. The Morgan fingerprint density at radius 3 is 2.27 bits per heavy atom. The second-order valence-corrected chi connectivity index (χ2v) is 8.32. The number of benzene rings is 3. The number of amides is 1. The highest BCUT2D eigenvalue weighted by Gasteiger charge is 2.47. The van der Waals surface area contributed by atoms with Gasteiger partial charge in [0.1, 0.15) is 17.3 Å². The number of hydrogen-bond donors (Lipinski definition) is 1. The monoisotopic (exact) mass is 497 g/mol. The first-order valence-electron chi connectivity index (χ1n) is 11.4. The number of aliphatic hydroxyl groups excluding tert-OH is 1. The maximum Gasteiger partial charge on any atom is 0.300 e. The molecule has 0 saturated carbocycles. The van der Waals surface area contributed by atoms with Crippen molar-refractivity contribution in [2.45, 2.75) is 13.0 Å². The molecule has 1 atom stereocenters. The lowest BCUT2D eigenvalue weighted by molar-refractivity contribution is -0.132. The van der Waals surface area contributed by atoms with Crippen molar-refractivity contribution in [3.8, 4) is 22.9 Å². The summed E-state index contributed by atoms with van der Waals surface area (Å²) in [5.41, 5.74) is 2.02. The summed E-state index contributed by atoms with van der Waals surface area (Å²) >= 11 is 0. The molecule has 1 aliphatic heterocycles. The number of carbonyl (C=O) groups excluding carboxylic acids is 2. The van der Waals surface area contributed by atoms with Crippen molar-refractivity contribution >= 4 is 23.1 Å². The van der Waals surface area contributed by atoms with Gasteiger partial charge in [0, 0.05) is 29.3 Å². The van der Waals surface area contributed by atoms with Crippen molar-refractivity contribution in [1.82, 2.24) is 10.1 Å². The standard InChI is InChI=1S/C28H23N3O6/c1-16-29-27(30-37-16)18-8-12-19(13-9-18)31-24(21-6-4-5-7-22(21)36-3)23(26(33)28(31)34)25(32)17-10-14-20(35-2)15-11-17/h4-15,24,32H,1-3H3/b25-23-. The molecule has 0 spiro atoms. The first kappa shape index (κ1) is 23.8. The molecule has 1 saturated heterocycles. The van der Waals surface area contributed by atoms with Crippen LogP contribution in [0.25, 0.3) is 17.1 Å². The van der Waals surface area contributed by atoms with E-state index in [-0.39, 0.29) is 11.3 Å². The fourth-order valence-electron chi connectivity index (χ4n) is 4.38. The summed E-state index contributed by atoms with van der Waals surface area (Å²) in [5.74, 6) is 0.0370. The first-order chi connectivity index (χ1) is 17.9. The van der Waals surface area contributed by atoms with Gasteiger partial charge in [0.25, 0.3) is 11.7 Å². The number of carbonyl (C=O) groups is 2. The topological polar surface area (TPSA) is 115 Å². The zero-order valence-corrected chi connectivity index (χ0v) is 20.3. The van der Waals surface area contributed by atoms with E-state index in [1.165, 1.54) is 19.1 Å². The first-order valence-corrected chi connectivity index (χ1v) is 11.4. The maximum atomic E-state index is 13.4. The molecule has 1 aromatic heterocycles. The van der Waals surface area contributed by atoms with E-state index < -0.39 is 17.7 Å². The number of Topliss-reactive ketones (excluding diaryl/α,β-unsaturated/α-hetero) is 1. The van der Waals surface area contributed by atoms with Crippen LogP contribution in [0.2, 0.25) is 0 Å². The van der Waals surface area contributed by atoms with Gasteiger partial charge in [-0.15, -0.1) is 0 Å². The highest BCUT2D eigenvalue weighted by molar-refractivity contribution is 6.51. The zero-order chi connectivity index (χ0) is 26.1. The Hall–Kier alpha value is -4.92. The van der Waals surface area contributed by atoms with E-state index in [1.54, 1.807) is 79.7 Å². The van der Waals surface area contributed by atoms with Gasteiger partial charge >= 0.3 is 0 Å². The largest absolute Gasteiger partial charge is 0.507 e. The summed E-state index contributed by atoms with van der Waals surface area (Å²) in [4.78, 5) is 32.4. The van der Waals surface area contributed by atoms with Gasteiger partial charge in [-0.25, -0.2) is 0 Å². The van der Waals surface area contributed by atoms with Crippen LogP contribution in [0.15, 0.2) is 82.9 Å². The number of para-hydroxylation sites is 1. The normalized spacial score (nSPS) is 16.7. The minimum absolute atomic E-state index is 0.0439. The van der Waals surface area contributed by atoms with Crippen molar-refractivity contribution in [2.24, 2.45) is 0 Å². The van der Waals surface area contributed by atoms with Crippen molar-refractivity contribution in [3.05, 3.63) is 95.4 Å². The van der Waals surface area contributed by atoms with E-state index in [1.807, 2.05) is 0 Å². The number of methoxy groups -OCH3 is 2. The van der Waals surface area contributed by atoms with Gasteiger partial charge in [0.15, 0.2) is 0 Å². The molecule has 1 fully saturated rings. The Bertz CT molecular complexity index is 1510. The predicted molar refractivity (Wildman–Crippen MR) is 135 cm³/mol. The van der Waals surface area contributed by atoms with Gasteiger partial charge in [-0.05, 0) is 54.6 Å². The number of rotatable bonds is 6. The number of hydrogen-bond acceptors (Lipinski definition) is 8. The van der Waals surface area contributed by atoms with Crippen LogP contribution >= 0.6 is 0 Å². The zero-order valence-electron chi connectivity index (χ0n) is 20.3. The molecular weight excluding hydrogens is 474 g/mol. The Kier molecular flexibility index (Phi) is 6.19. The van der Waals surface area contributed by atoms with Crippen molar-refractivity contribution < 1.29 is 28.7 Å². The summed E-state index contributed by atoms with van der Waals surface area (Å²) in [6.45, 7) is 1.69. The summed E-state index contributed by atoms with van der Waals surface area (Å²) in [5, 5.41) is 15.2. The smallest absolute Gasteiger partial charge is 0.300 e. The molecule has 5 rings (SSSR count). The van der Waals surface area contributed by atoms with Gasteiger partial charge in [-0.3, -0.25) is 14.5 Å². The van der Waals surface area contributed by atoms with Crippen LogP contribution in [0.3, 0.4) is 0 Å². The van der Waals surface area contributed by atoms with Crippen LogP contribution < -0.4 is 14.4 Å². The minimum Gasteiger partial charge on any atom is -0.507 e. The molecule has 3 aromatic carbocycles. The molecule has 4 aromatic rings. The summed E-state index contributed by atoms with van der Waals surface area (Å²) in [7, 11) is 3.05. The third-order valence-electron chi connectivity index (χ3n) is 6.17. The highest BCUT2D eigenvalue weighted by atomic mass is 16.5. The average molecular weight is 498 g/mol. The SMILES string of the molecule is COc1ccc(/C(O)=C2/C(=O)C(=O)N(c3ccc(-c4noc(C)n4)cc3)C2c2ccccc2OC)cc1. The lowest BCUT2D eigenvalue weighted by Gasteiger charge is -2.26. The molecule has 37 heavy (non-hydrogen) atoms. The molecule has 9 nitrogen and oxygen atoms in total. The lowest BCUT2D eigenvalue weighted by atomic mass is 9.94. The van der Waals surface area contributed by atoms with E-state index in [0.717, 1.165) is 0 Å². The summed E-state index contributed by atoms with van der Waals surface area (Å²) in [6, 6.07) is 19.6. The van der Waals surface area contributed by atoms with E-state index in [4.69, 9.17) is 14.0 Å². The van der Waals surface area contributed by atoms with Crippen LogP contribution in [0.5, 0.6) is 11.5 Å². The molecule has 0 radical (unpaired) electrons. The minimum atomic E-state index is -0.934. The average Bonchev–Trinajstić information content (AvgIpc) is 3.49. The molecule has 1 aliphatic rings. The summed E-state index contributed by atoms with van der Waals surface area (Å²) < 4.78 is 15.8. The van der Waals surface area contributed by atoms with E-state index in [0.29, 0.717) is 45.6 Å². The van der Waals surface area contributed by atoms with Crippen molar-refractivity contribution in [1.29, 1.82) is 0 Å². The lowest BCUT2D eigenvalue weighted by Crippen LogP contribution is -2.29. The van der Waals surface area contributed by atoms with Crippen LogP contribution in [0.1, 0.15) is 23.1 Å². The van der Waals surface area contributed by atoms with Crippen molar-refractivity contribution in [2.75, 3.05) is 19.1 Å². The molecule has 9 heteroatoms. The van der Waals surface area contributed by atoms with Gasteiger partial charge < -0.3 is 19.1 Å². The molecule has 0 bridgehead atoms. The molecule has 1 amide bonds. The third-order valence-corrected chi connectivity index (χ3v) is 6.17. The molecule has 2 heterocycles. The Morgan fingerprint density at radius 2 is 1.65 bits per heavy atom. The number of aliphatic hydroxyl groups is 1. The molecule has 186 valence electrons. The summed E-state index contributed by atoms with van der Waals surface area (Å²) in [6.07, 6.45) is 0. The third kappa shape index (κ3) is 4.20. The Labute approximate surface area is 212 Å². The van der Waals surface area contributed by atoms with Crippen LogP contribution in [-0.4, -0.2) is 41.2 Å². The number of ether oxygens (including phenoxy) is 2. The van der Waals surface area contributed by atoms with E-state index in [2.05, 4.69) is 10.1 Å². The molecule has 1 N–H and O–H groups in total. The van der Waals surface area contributed by atoms with Crippen molar-refractivity contribution in [3.63, 3.8) is 0 Å². The molecule has 1 unspecified atom stereocenters. The Balaban J connectivity index is 1.66. The fourth-order valence-corrected chi connectivity index (χ4v) is 4.38. The quantitative estimate of drug-likeness (QED) is 0.232. The fraction of sp³-hybridized carbons (Fsp3) is 0.143. The van der Waals surface area contributed by atoms with Gasteiger partial charge in [0.05, 0.1) is 25.8 Å². The second kappa shape index (κ2) is 9.62. The number of aromatic nitrogens is 2. The number of ketones is 1. The van der Waals surface area contributed by atoms with Gasteiger partial charge in [-0.2, -0.15) is 4.98 Å². The van der Waals surface area contributed by atoms with E-state index in [9.17, 15) is 14.7 Å². The van der Waals surface area contributed by atoms with Crippen LogP contribution in [-0.2, 0) is 9.59 Å². The van der Waals surface area contributed by atoms with Gasteiger partial charge in [0.2, 0.25) is 11.7 Å². The molecular formula is C28H23N3O6. The van der Waals surface area contributed by atoms with Crippen LogP contribution in [0.4, 0.5) is 5.69 Å². The van der Waals surface area contributed by atoms with Gasteiger partial charge in [-0.1, -0.05) is 23.4 Å². The molecule has 0 aliphatic carbocycles. The Morgan fingerprint density at radius 1 is 0.946 bits per heavy atom. The predicted octanol–water partition coefficient (Wildman–Crippen LogP) is 4.69.